The molecule has 0 saturated heterocycles. The Kier molecular flexibility index (Phi) is 4.61. The van der Waals surface area contributed by atoms with Crippen LogP contribution >= 0.6 is 0 Å². The zero-order chi connectivity index (χ0) is 12.8. The second kappa shape index (κ2) is 6.21. The van der Waals surface area contributed by atoms with Gasteiger partial charge in [-0.1, -0.05) is 12.1 Å². The van der Waals surface area contributed by atoms with Crippen molar-refractivity contribution in [3.63, 3.8) is 0 Å². The van der Waals surface area contributed by atoms with Crippen molar-refractivity contribution in [2.45, 2.75) is 25.7 Å². The first-order valence-corrected chi connectivity index (χ1v) is 6.78. The summed E-state index contributed by atoms with van der Waals surface area (Å²) in [6, 6.07) is 8.15. The smallest absolute Gasteiger partial charge is 0.0468 e. The van der Waals surface area contributed by atoms with E-state index in [-0.39, 0.29) is 0 Å². The maximum absolute atomic E-state index is 5.67. The molecule has 0 heterocycles. The van der Waals surface area contributed by atoms with Crippen LogP contribution in [0.3, 0.4) is 0 Å². The van der Waals surface area contributed by atoms with Crippen LogP contribution in [0.1, 0.15) is 24.8 Å². The van der Waals surface area contributed by atoms with E-state index in [0.717, 1.165) is 31.8 Å². The van der Waals surface area contributed by atoms with Crippen molar-refractivity contribution < 1.29 is 4.74 Å². The maximum Gasteiger partial charge on any atom is 0.0468 e. The molecule has 1 aliphatic carbocycles. The molecule has 0 amide bonds. The van der Waals surface area contributed by atoms with Gasteiger partial charge in [0.25, 0.3) is 0 Å². The Morgan fingerprint density at radius 3 is 2.61 bits per heavy atom. The number of nitrogens with one attached hydrogen (secondary N) is 1. The lowest BCUT2D eigenvalue weighted by Crippen LogP contribution is -2.26. The van der Waals surface area contributed by atoms with Crippen LogP contribution < -0.4 is 11.1 Å². The third-order valence-electron chi connectivity index (χ3n) is 3.86. The number of hydrogen-bond donors (Lipinski definition) is 2. The molecule has 1 aromatic carbocycles. The highest BCUT2D eigenvalue weighted by Gasteiger charge is 2.41. The first-order valence-electron chi connectivity index (χ1n) is 6.78. The molecule has 2 rings (SSSR count). The largest absolute Gasteiger partial charge is 0.399 e. The minimum Gasteiger partial charge on any atom is -0.399 e. The molecule has 0 aromatic heterocycles. The lowest BCUT2D eigenvalue weighted by Gasteiger charge is -2.15. The monoisotopic (exact) mass is 248 g/mol. The normalized spacial score (nSPS) is 16.7. The van der Waals surface area contributed by atoms with Crippen molar-refractivity contribution in [1.29, 1.82) is 0 Å². The van der Waals surface area contributed by atoms with E-state index >= 15 is 0 Å². The van der Waals surface area contributed by atoms with E-state index in [1.165, 1.54) is 24.8 Å². The van der Waals surface area contributed by atoms with E-state index in [1.54, 1.807) is 7.11 Å². The Morgan fingerprint density at radius 1 is 1.28 bits per heavy atom. The molecule has 1 saturated carbocycles. The van der Waals surface area contributed by atoms with E-state index in [9.17, 15) is 0 Å². The topological polar surface area (TPSA) is 47.3 Å². The highest BCUT2D eigenvalue weighted by molar-refractivity contribution is 5.39. The third kappa shape index (κ3) is 4.00. The number of nitrogen functional groups attached to an aromatic ring is 1. The van der Waals surface area contributed by atoms with Gasteiger partial charge in [-0.25, -0.2) is 0 Å². The van der Waals surface area contributed by atoms with Crippen LogP contribution in [0.5, 0.6) is 0 Å². The molecular formula is C15H24N2O. The lowest BCUT2D eigenvalue weighted by atomic mass is 10.0. The van der Waals surface area contributed by atoms with Crippen LogP contribution in [-0.4, -0.2) is 26.8 Å². The van der Waals surface area contributed by atoms with Gasteiger partial charge in [0.15, 0.2) is 0 Å². The van der Waals surface area contributed by atoms with Gasteiger partial charge in [0, 0.05) is 25.9 Å². The molecule has 1 aliphatic rings. The van der Waals surface area contributed by atoms with Gasteiger partial charge < -0.3 is 15.8 Å². The molecule has 0 bridgehead atoms. The number of methoxy groups -OCH3 is 1. The highest BCUT2D eigenvalue weighted by atomic mass is 16.5. The van der Waals surface area contributed by atoms with E-state index in [4.69, 9.17) is 10.5 Å². The Balaban J connectivity index is 1.62. The molecule has 100 valence electrons. The summed E-state index contributed by atoms with van der Waals surface area (Å²) >= 11 is 0. The fourth-order valence-electron chi connectivity index (χ4n) is 2.28. The van der Waals surface area contributed by atoms with Gasteiger partial charge in [-0.05, 0) is 55.3 Å². The van der Waals surface area contributed by atoms with Gasteiger partial charge in [0.05, 0.1) is 0 Å². The number of anilines is 1. The summed E-state index contributed by atoms with van der Waals surface area (Å²) < 4.78 is 5.16. The summed E-state index contributed by atoms with van der Waals surface area (Å²) in [4.78, 5) is 0. The van der Waals surface area contributed by atoms with E-state index in [1.807, 2.05) is 12.1 Å². The molecule has 0 aliphatic heterocycles. The Bertz CT molecular complexity index is 357. The van der Waals surface area contributed by atoms with Crippen molar-refractivity contribution in [1.82, 2.24) is 5.32 Å². The minimum absolute atomic E-state index is 0.539. The van der Waals surface area contributed by atoms with Crippen LogP contribution in [0.25, 0.3) is 0 Å². The number of nitrogens with two attached hydrogens (primary N) is 1. The number of rotatable bonds is 8. The van der Waals surface area contributed by atoms with Crippen LogP contribution in [0.4, 0.5) is 5.69 Å². The second-order valence-electron chi connectivity index (χ2n) is 5.41. The lowest BCUT2D eigenvalue weighted by molar-refractivity contribution is 0.171. The second-order valence-corrected chi connectivity index (χ2v) is 5.41. The Labute approximate surface area is 110 Å². The van der Waals surface area contributed by atoms with Crippen molar-refractivity contribution >= 4 is 5.69 Å². The summed E-state index contributed by atoms with van der Waals surface area (Å²) in [5.41, 5.74) is 8.39. The summed E-state index contributed by atoms with van der Waals surface area (Å²) in [5, 5.41) is 3.57. The Hall–Kier alpha value is -1.06. The molecule has 3 N–H and O–H groups in total. The molecule has 3 heteroatoms. The van der Waals surface area contributed by atoms with Crippen molar-refractivity contribution in [2.75, 3.05) is 32.5 Å². The minimum atomic E-state index is 0.539. The Morgan fingerprint density at radius 2 is 2.00 bits per heavy atom. The molecule has 18 heavy (non-hydrogen) atoms. The number of benzene rings is 1. The fraction of sp³-hybridized carbons (Fsp3) is 0.600. The third-order valence-corrected chi connectivity index (χ3v) is 3.86. The molecular weight excluding hydrogens is 224 g/mol. The number of ether oxygens (including phenoxy) is 1. The van der Waals surface area contributed by atoms with Crippen LogP contribution in [-0.2, 0) is 11.2 Å². The quantitative estimate of drug-likeness (QED) is 0.548. The predicted molar refractivity (Wildman–Crippen MR) is 75.6 cm³/mol. The molecule has 0 spiro atoms. The number of hydrogen-bond acceptors (Lipinski definition) is 3. The average molecular weight is 248 g/mol. The fourth-order valence-corrected chi connectivity index (χ4v) is 2.28. The molecule has 1 aromatic rings. The zero-order valence-corrected chi connectivity index (χ0v) is 11.2. The van der Waals surface area contributed by atoms with Gasteiger partial charge in [-0.15, -0.1) is 0 Å². The van der Waals surface area contributed by atoms with E-state index in [0.29, 0.717) is 5.41 Å². The van der Waals surface area contributed by atoms with Gasteiger partial charge in [0.2, 0.25) is 0 Å². The van der Waals surface area contributed by atoms with Gasteiger partial charge >= 0.3 is 0 Å². The molecule has 0 radical (unpaired) electrons. The highest BCUT2D eigenvalue weighted by Crippen LogP contribution is 2.48. The first kappa shape index (κ1) is 13.4. The zero-order valence-electron chi connectivity index (χ0n) is 11.2. The van der Waals surface area contributed by atoms with Crippen molar-refractivity contribution in [2.24, 2.45) is 5.41 Å². The molecule has 0 atom stereocenters. The van der Waals surface area contributed by atoms with Crippen molar-refractivity contribution in [3.05, 3.63) is 29.8 Å². The van der Waals surface area contributed by atoms with E-state index < -0.39 is 0 Å². The summed E-state index contributed by atoms with van der Waals surface area (Å²) in [6.07, 6.45) is 4.97. The van der Waals surface area contributed by atoms with Crippen LogP contribution in [0.2, 0.25) is 0 Å². The first-order chi connectivity index (χ1) is 8.74. The summed E-state index contributed by atoms with van der Waals surface area (Å²) in [7, 11) is 1.78. The summed E-state index contributed by atoms with van der Waals surface area (Å²) in [5.74, 6) is 0. The average Bonchev–Trinajstić information content (AvgIpc) is 3.15. The van der Waals surface area contributed by atoms with Gasteiger partial charge in [-0.2, -0.15) is 0 Å². The predicted octanol–water partition coefficient (Wildman–Crippen LogP) is 2.22. The van der Waals surface area contributed by atoms with Gasteiger partial charge in [-0.3, -0.25) is 0 Å². The van der Waals surface area contributed by atoms with Crippen LogP contribution in [0.15, 0.2) is 24.3 Å². The van der Waals surface area contributed by atoms with Crippen LogP contribution in [0, 0.1) is 5.41 Å². The van der Waals surface area contributed by atoms with Crippen molar-refractivity contribution in [3.8, 4) is 0 Å². The SMILES string of the molecule is COCCC1(CNCCc2ccc(N)cc2)CC1. The standard InChI is InChI=1S/C15H24N2O/c1-18-11-9-15(7-8-15)12-17-10-6-13-2-4-14(16)5-3-13/h2-5,17H,6-12,16H2,1H3. The van der Waals surface area contributed by atoms with Gasteiger partial charge in [0.1, 0.15) is 0 Å². The molecule has 3 nitrogen and oxygen atoms in total. The van der Waals surface area contributed by atoms with E-state index in [2.05, 4.69) is 17.4 Å². The summed E-state index contributed by atoms with van der Waals surface area (Å²) in [6.45, 7) is 3.06. The maximum atomic E-state index is 5.67. The molecule has 0 unspecified atom stereocenters. The molecule has 1 fully saturated rings.